The first-order valence-electron chi connectivity index (χ1n) is 10.1. The van der Waals surface area contributed by atoms with Crippen LogP contribution in [0.2, 0.25) is 5.02 Å². The van der Waals surface area contributed by atoms with Gasteiger partial charge in [-0.3, -0.25) is 9.48 Å². The Kier molecular flexibility index (Phi) is 7.78. The molecule has 31 heavy (non-hydrogen) atoms. The van der Waals surface area contributed by atoms with Gasteiger partial charge in [-0.1, -0.05) is 17.7 Å². The number of nitrogens with one attached hydrogen (secondary N) is 1. The SMILES string of the molecule is CCOc1ccc(COc2ccc(NC(=O)Cn3ncc(Cl)c3C)cc2)cc1OCC. The van der Waals surface area contributed by atoms with E-state index in [0.717, 1.165) is 17.0 Å². The summed E-state index contributed by atoms with van der Waals surface area (Å²) in [6.45, 7) is 7.31. The lowest BCUT2D eigenvalue weighted by molar-refractivity contribution is -0.116. The number of benzene rings is 2. The number of amides is 1. The average molecular weight is 444 g/mol. The largest absolute Gasteiger partial charge is 0.490 e. The second-order valence-electron chi connectivity index (χ2n) is 6.74. The second kappa shape index (κ2) is 10.7. The van der Waals surface area contributed by atoms with Crippen molar-refractivity contribution >= 4 is 23.2 Å². The molecule has 0 aliphatic rings. The molecule has 0 unspecified atom stereocenters. The summed E-state index contributed by atoms with van der Waals surface area (Å²) in [6.07, 6.45) is 1.53. The zero-order valence-corrected chi connectivity index (χ0v) is 18.6. The van der Waals surface area contributed by atoms with E-state index in [9.17, 15) is 4.79 Å². The molecule has 0 saturated heterocycles. The number of nitrogens with zero attached hydrogens (tertiary/aromatic N) is 2. The third-order valence-corrected chi connectivity index (χ3v) is 4.86. The molecule has 0 aliphatic carbocycles. The fourth-order valence-electron chi connectivity index (χ4n) is 2.91. The number of hydrogen-bond donors (Lipinski definition) is 1. The van der Waals surface area contributed by atoms with E-state index in [1.807, 2.05) is 51.1 Å². The van der Waals surface area contributed by atoms with Crippen molar-refractivity contribution in [3.63, 3.8) is 0 Å². The number of anilines is 1. The summed E-state index contributed by atoms with van der Waals surface area (Å²) >= 11 is 5.97. The minimum Gasteiger partial charge on any atom is -0.490 e. The fraction of sp³-hybridized carbons (Fsp3) is 0.304. The Morgan fingerprint density at radius 3 is 2.39 bits per heavy atom. The van der Waals surface area contributed by atoms with Gasteiger partial charge in [-0.05, 0) is 62.7 Å². The number of carbonyl (C=O) groups is 1. The molecule has 8 heteroatoms. The summed E-state index contributed by atoms with van der Waals surface area (Å²) < 4.78 is 18.7. The summed E-state index contributed by atoms with van der Waals surface area (Å²) in [5, 5.41) is 7.46. The maximum absolute atomic E-state index is 12.2. The van der Waals surface area contributed by atoms with Gasteiger partial charge in [0.25, 0.3) is 0 Å². The van der Waals surface area contributed by atoms with Gasteiger partial charge in [-0.15, -0.1) is 0 Å². The lowest BCUT2D eigenvalue weighted by Gasteiger charge is -2.13. The van der Waals surface area contributed by atoms with Crippen LogP contribution in [0.1, 0.15) is 25.1 Å². The highest BCUT2D eigenvalue weighted by Crippen LogP contribution is 2.29. The second-order valence-corrected chi connectivity index (χ2v) is 7.15. The molecule has 1 amide bonds. The van der Waals surface area contributed by atoms with Crippen molar-refractivity contribution in [3.8, 4) is 17.2 Å². The van der Waals surface area contributed by atoms with Crippen molar-refractivity contribution in [3.05, 3.63) is 64.9 Å². The van der Waals surface area contributed by atoms with Crippen LogP contribution in [0, 0.1) is 6.92 Å². The number of hydrogen-bond acceptors (Lipinski definition) is 5. The summed E-state index contributed by atoms with van der Waals surface area (Å²) in [6, 6.07) is 13.0. The van der Waals surface area contributed by atoms with Gasteiger partial charge >= 0.3 is 0 Å². The molecule has 1 aromatic heterocycles. The predicted molar refractivity (Wildman–Crippen MR) is 120 cm³/mol. The predicted octanol–water partition coefficient (Wildman–Crippen LogP) is 4.86. The van der Waals surface area contributed by atoms with Crippen LogP contribution in [0.25, 0.3) is 0 Å². The standard InChI is InChI=1S/C23H26ClN3O4/c1-4-29-21-11-6-17(12-22(21)30-5-2)15-31-19-9-7-18(8-10-19)26-23(28)14-27-16(3)20(24)13-25-27/h6-13H,4-5,14-15H2,1-3H3,(H,26,28). The molecule has 3 rings (SSSR count). The zero-order chi connectivity index (χ0) is 22.2. The Labute approximate surface area is 186 Å². The maximum Gasteiger partial charge on any atom is 0.246 e. The Morgan fingerprint density at radius 2 is 1.74 bits per heavy atom. The van der Waals surface area contributed by atoms with Crippen molar-refractivity contribution in [2.24, 2.45) is 0 Å². The minimum absolute atomic E-state index is 0.0940. The van der Waals surface area contributed by atoms with Crippen LogP contribution in [0.15, 0.2) is 48.7 Å². The zero-order valence-electron chi connectivity index (χ0n) is 17.9. The van der Waals surface area contributed by atoms with Crippen LogP contribution in [0.4, 0.5) is 5.69 Å². The van der Waals surface area contributed by atoms with Gasteiger partial charge in [0, 0.05) is 5.69 Å². The van der Waals surface area contributed by atoms with Gasteiger partial charge in [0.05, 0.1) is 30.1 Å². The molecule has 0 spiro atoms. The molecular formula is C23H26ClN3O4. The Hall–Kier alpha value is -3.19. The van der Waals surface area contributed by atoms with Crippen LogP contribution in [0.5, 0.6) is 17.2 Å². The van der Waals surface area contributed by atoms with Crippen LogP contribution >= 0.6 is 11.6 Å². The third-order valence-electron chi connectivity index (χ3n) is 4.49. The molecule has 0 atom stereocenters. The number of carbonyl (C=O) groups excluding carboxylic acids is 1. The molecule has 0 bridgehead atoms. The van der Waals surface area contributed by atoms with E-state index in [1.54, 1.807) is 16.8 Å². The molecule has 7 nitrogen and oxygen atoms in total. The number of aromatic nitrogens is 2. The molecule has 0 fully saturated rings. The molecule has 1 heterocycles. The van der Waals surface area contributed by atoms with E-state index in [1.165, 1.54) is 6.20 Å². The van der Waals surface area contributed by atoms with E-state index in [0.29, 0.717) is 42.0 Å². The molecule has 1 N–H and O–H groups in total. The quantitative estimate of drug-likeness (QED) is 0.484. The van der Waals surface area contributed by atoms with Gasteiger partial charge < -0.3 is 19.5 Å². The highest BCUT2D eigenvalue weighted by molar-refractivity contribution is 6.31. The molecule has 0 saturated carbocycles. The summed E-state index contributed by atoms with van der Waals surface area (Å²) in [5.74, 6) is 1.94. The first-order valence-corrected chi connectivity index (χ1v) is 10.5. The van der Waals surface area contributed by atoms with Crippen molar-refractivity contribution in [1.29, 1.82) is 0 Å². The molecule has 0 aliphatic heterocycles. The summed E-state index contributed by atoms with van der Waals surface area (Å²) in [5.41, 5.74) is 2.40. The van der Waals surface area contributed by atoms with E-state index in [2.05, 4.69) is 10.4 Å². The van der Waals surface area contributed by atoms with E-state index in [-0.39, 0.29) is 12.5 Å². The molecule has 164 valence electrons. The molecular weight excluding hydrogens is 418 g/mol. The van der Waals surface area contributed by atoms with E-state index < -0.39 is 0 Å². The van der Waals surface area contributed by atoms with Crippen LogP contribution in [0.3, 0.4) is 0 Å². The summed E-state index contributed by atoms with van der Waals surface area (Å²) in [7, 11) is 0. The average Bonchev–Trinajstić information content (AvgIpc) is 3.07. The minimum atomic E-state index is -0.186. The van der Waals surface area contributed by atoms with Crippen LogP contribution in [-0.2, 0) is 17.9 Å². The smallest absolute Gasteiger partial charge is 0.246 e. The van der Waals surface area contributed by atoms with Crippen LogP contribution in [-0.4, -0.2) is 28.9 Å². The van der Waals surface area contributed by atoms with Gasteiger partial charge in [-0.2, -0.15) is 5.10 Å². The highest BCUT2D eigenvalue weighted by Gasteiger charge is 2.10. The number of halogens is 1. The molecule has 0 radical (unpaired) electrons. The van der Waals surface area contributed by atoms with Gasteiger partial charge in [0.1, 0.15) is 18.9 Å². The Bertz CT molecular complexity index is 1020. The van der Waals surface area contributed by atoms with Crippen molar-refractivity contribution in [2.45, 2.75) is 33.9 Å². The third kappa shape index (κ3) is 6.15. The van der Waals surface area contributed by atoms with Crippen molar-refractivity contribution in [1.82, 2.24) is 9.78 Å². The van der Waals surface area contributed by atoms with E-state index in [4.69, 9.17) is 25.8 Å². The highest BCUT2D eigenvalue weighted by atomic mass is 35.5. The molecule has 2 aromatic carbocycles. The van der Waals surface area contributed by atoms with Gasteiger partial charge in [0.2, 0.25) is 5.91 Å². The van der Waals surface area contributed by atoms with Crippen LogP contribution < -0.4 is 19.5 Å². The van der Waals surface area contributed by atoms with Gasteiger partial charge in [-0.25, -0.2) is 0 Å². The van der Waals surface area contributed by atoms with Crippen molar-refractivity contribution < 1.29 is 19.0 Å². The first-order chi connectivity index (χ1) is 15.0. The lowest BCUT2D eigenvalue weighted by Crippen LogP contribution is -2.20. The number of rotatable bonds is 10. The van der Waals surface area contributed by atoms with Gasteiger partial charge in [0.15, 0.2) is 11.5 Å². The topological polar surface area (TPSA) is 74.6 Å². The Morgan fingerprint density at radius 1 is 1.03 bits per heavy atom. The Balaban J connectivity index is 1.55. The number of ether oxygens (including phenoxy) is 3. The maximum atomic E-state index is 12.2. The first kappa shape index (κ1) is 22.5. The molecule has 3 aromatic rings. The monoisotopic (exact) mass is 443 g/mol. The fourth-order valence-corrected chi connectivity index (χ4v) is 3.05. The normalized spacial score (nSPS) is 10.6. The summed E-state index contributed by atoms with van der Waals surface area (Å²) in [4.78, 5) is 12.2. The van der Waals surface area contributed by atoms with Crippen molar-refractivity contribution in [2.75, 3.05) is 18.5 Å². The van der Waals surface area contributed by atoms with E-state index >= 15 is 0 Å². The lowest BCUT2D eigenvalue weighted by atomic mass is 10.2.